The van der Waals surface area contributed by atoms with Crippen LogP contribution in [0.5, 0.6) is 5.75 Å². The van der Waals surface area contributed by atoms with Crippen LogP contribution >= 0.6 is 0 Å². The molecule has 0 radical (unpaired) electrons. The largest absolute Gasteiger partial charge is 0.496 e. The smallest absolute Gasteiger partial charge is 0.124 e. The molecule has 4 nitrogen and oxygen atoms in total. The van der Waals surface area contributed by atoms with Gasteiger partial charge in [-0.15, -0.1) is 0 Å². The molecule has 2 N–H and O–H groups in total. The van der Waals surface area contributed by atoms with Crippen molar-refractivity contribution in [3.05, 3.63) is 42.1 Å². The second kappa shape index (κ2) is 4.14. The topological polar surface area (TPSA) is 50.8 Å². The van der Waals surface area contributed by atoms with E-state index in [4.69, 9.17) is 10.6 Å². The van der Waals surface area contributed by atoms with Crippen LogP contribution in [-0.4, -0.2) is 18.5 Å². The van der Waals surface area contributed by atoms with E-state index in [1.54, 1.807) is 24.7 Å². The van der Waals surface area contributed by atoms with Gasteiger partial charge in [-0.05, 0) is 12.1 Å². The third kappa shape index (κ3) is 1.85. The van der Waals surface area contributed by atoms with Crippen LogP contribution in [0.4, 0.5) is 0 Å². The quantitative estimate of drug-likeness (QED) is 0.740. The summed E-state index contributed by atoms with van der Waals surface area (Å²) in [4.78, 5) is 3.94. The van der Waals surface area contributed by atoms with Crippen LogP contribution in [0.15, 0.2) is 41.5 Å². The van der Waals surface area contributed by atoms with Gasteiger partial charge in [0.1, 0.15) is 12.1 Å². The molecular weight excluding hydrogens is 190 g/mol. The molecule has 1 aliphatic rings. The molecule has 0 spiro atoms. The molecule has 1 aliphatic heterocycles. The van der Waals surface area contributed by atoms with Gasteiger partial charge in [-0.25, -0.2) is 10.8 Å². The van der Waals surface area contributed by atoms with Gasteiger partial charge in [-0.3, -0.25) is 5.01 Å². The number of benzene rings is 1. The number of nitrogens with two attached hydrogens (primary N) is 1. The van der Waals surface area contributed by atoms with E-state index in [1.165, 1.54) is 0 Å². The molecule has 1 unspecified atom stereocenters. The number of nitrogens with zero attached hydrogens (tertiary/aromatic N) is 2. The summed E-state index contributed by atoms with van der Waals surface area (Å²) in [5.41, 5.74) is 1.03. The number of para-hydroxylation sites is 1. The maximum Gasteiger partial charge on any atom is 0.124 e. The first-order chi connectivity index (χ1) is 7.33. The Morgan fingerprint density at radius 3 is 2.93 bits per heavy atom. The number of hydrogen-bond donors (Lipinski definition) is 1. The SMILES string of the molecule is COc1ccccc1C1C=CN=CN1N. The summed E-state index contributed by atoms with van der Waals surface area (Å²) in [5, 5.41) is 1.55. The van der Waals surface area contributed by atoms with Gasteiger partial charge in [0.25, 0.3) is 0 Å². The van der Waals surface area contributed by atoms with E-state index in [2.05, 4.69) is 4.99 Å². The monoisotopic (exact) mass is 203 g/mol. The van der Waals surface area contributed by atoms with E-state index in [9.17, 15) is 0 Å². The first-order valence-corrected chi connectivity index (χ1v) is 4.69. The standard InChI is InChI=1S/C11H13N3O/c1-15-11-5-3-2-4-9(11)10-6-7-13-8-14(10)12/h2-8,10H,12H2,1H3. The zero-order valence-electron chi connectivity index (χ0n) is 8.50. The molecule has 0 saturated carbocycles. The van der Waals surface area contributed by atoms with Crippen molar-refractivity contribution in [1.29, 1.82) is 0 Å². The molecule has 1 aromatic rings. The predicted molar refractivity (Wildman–Crippen MR) is 59.4 cm³/mol. The average molecular weight is 203 g/mol. The van der Waals surface area contributed by atoms with E-state index >= 15 is 0 Å². The molecule has 0 saturated heterocycles. The number of methoxy groups -OCH3 is 1. The van der Waals surface area contributed by atoms with Gasteiger partial charge in [-0.2, -0.15) is 0 Å². The Bertz CT molecular complexity index is 401. The van der Waals surface area contributed by atoms with Crippen LogP contribution in [0, 0.1) is 0 Å². The molecule has 0 amide bonds. The predicted octanol–water partition coefficient (Wildman–Crippen LogP) is 1.47. The lowest BCUT2D eigenvalue weighted by Crippen LogP contribution is -2.34. The Labute approximate surface area is 88.6 Å². The second-order valence-electron chi connectivity index (χ2n) is 3.24. The Balaban J connectivity index is 2.36. The highest BCUT2D eigenvalue weighted by atomic mass is 16.5. The van der Waals surface area contributed by atoms with Gasteiger partial charge in [-0.1, -0.05) is 18.2 Å². The minimum Gasteiger partial charge on any atom is -0.496 e. The van der Waals surface area contributed by atoms with Crippen molar-refractivity contribution >= 4 is 6.34 Å². The fraction of sp³-hybridized carbons (Fsp3) is 0.182. The highest BCUT2D eigenvalue weighted by Gasteiger charge is 2.18. The molecule has 4 heteroatoms. The van der Waals surface area contributed by atoms with Gasteiger partial charge in [0.2, 0.25) is 0 Å². The highest BCUT2D eigenvalue weighted by molar-refractivity contribution is 5.59. The van der Waals surface area contributed by atoms with Gasteiger partial charge in [0, 0.05) is 11.8 Å². The number of aliphatic imine (C=N–C) groups is 1. The molecule has 2 rings (SSSR count). The number of ether oxygens (including phenoxy) is 1. The Morgan fingerprint density at radius 1 is 1.40 bits per heavy atom. The number of hydrazine groups is 1. The second-order valence-corrected chi connectivity index (χ2v) is 3.24. The van der Waals surface area contributed by atoms with E-state index in [1.807, 2.05) is 30.3 Å². The lowest BCUT2D eigenvalue weighted by molar-refractivity contribution is 0.360. The van der Waals surface area contributed by atoms with Crippen LogP contribution in [0.25, 0.3) is 0 Å². The minimum atomic E-state index is -0.0151. The van der Waals surface area contributed by atoms with Crippen LogP contribution < -0.4 is 10.6 Å². The summed E-state index contributed by atoms with van der Waals surface area (Å²) in [6, 6.07) is 7.80. The maximum absolute atomic E-state index is 5.81. The maximum atomic E-state index is 5.81. The molecule has 1 atom stereocenters. The third-order valence-electron chi connectivity index (χ3n) is 2.33. The minimum absolute atomic E-state index is 0.0151. The summed E-state index contributed by atoms with van der Waals surface area (Å²) in [5.74, 6) is 6.64. The third-order valence-corrected chi connectivity index (χ3v) is 2.33. The zero-order chi connectivity index (χ0) is 10.7. The fourth-order valence-electron chi connectivity index (χ4n) is 1.59. The first-order valence-electron chi connectivity index (χ1n) is 4.69. The van der Waals surface area contributed by atoms with Crippen molar-refractivity contribution in [1.82, 2.24) is 5.01 Å². The molecule has 1 heterocycles. The van der Waals surface area contributed by atoms with E-state index in [0.29, 0.717) is 0 Å². The summed E-state index contributed by atoms with van der Waals surface area (Å²) in [6.45, 7) is 0. The Hall–Kier alpha value is -1.81. The normalized spacial score (nSPS) is 19.3. The van der Waals surface area contributed by atoms with Gasteiger partial charge >= 0.3 is 0 Å². The van der Waals surface area contributed by atoms with Crippen molar-refractivity contribution in [2.24, 2.45) is 10.8 Å². The van der Waals surface area contributed by atoms with Gasteiger partial charge in [0.15, 0.2) is 0 Å². The molecule has 0 aliphatic carbocycles. The number of rotatable bonds is 2. The van der Waals surface area contributed by atoms with Crippen molar-refractivity contribution in [3.63, 3.8) is 0 Å². The van der Waals surface area contributed by atoms with Gasteiger partial charge in [0.05, 0.1) is 13.2 Å². The first kappa shape index (κ1) is 9.73. The van der Waals surface area contributed by atoms with Crippen LogP contribution in [0.2, 0.25) is 0 Å². The van der Waals surface area contributed by atoms with Gasteiger partial charge < -0.3 is 4.74 Å². The van der Waals surface area contributed by atoms with Crippen LogP contribution in [0.3, 0.4) is 0 Å². The van der Waals surface area contributed by atoms with Crippen molar-refractivity contribution in [2.75, 3.05) is 7.11 Å². The van der Waals surface area contributed by atoms with Crippen molar-refractivity contribution in [2.45, 2.75) is 6.04 Å². The van der Waals surface area contributed by atoms with Crippen LogP contribution in [-0.2, 0) is 0 Å². The summed E-state index contributed by atoms with van der Waals surface area (Å²) < 4.78 is 5.29. The van der Waals surface area contributed by atoms with E-state index < -0.39 is 0 Å². The molecular formula is C11H13N3O. The molecule has 0 bridgehead atoms. The summed E-state index contributed by atoms with van der Waals surface area (Å²) in [6.07, 6.45) is 5.26. The lowest BCUT2D eigenvalue weighted by Gasteiger charge is -2.25. The van der Waals surface area contributed by atoms with E-state index in [-0.39, 0.29) is 6.04 Å². The zero-order valence-corrected chi connectivity index (χ0v) is 8.50. The molecule has 78 valence electrons. The molecule has 0 aromatic heterocycles. The summed E-state index contributed by atoms with van der Waals surface area (Å²) >= 11 is 0. The molecule has 15 heavy (non-hydrogen) atoms. The fourth-order valence-corrected chi connectivity index (χ4v) is 1.59. The molecule has 1 aromatic carbocycles. The number of hydrogen-bond acceptors (Lipinski definition) is 4. The molecule has 0 fully saturated rings. The highest BCUT2D eigenvalue weighted by Crippen LogP contribution is 2.29. The van der Waals surface area contributed by atoms with E-state index in [0.717, 1.165) is 11.3 Å². The Kier molecular flexibility index (Phi) is 2.69. The Morgan fingerprint density at radius 2 is 2.20 bits per heavy atom. The lowest BCUT2D eigenvalue weighted by atomic mass is 10.0. The van der Waals surface area contributed by atoms with Crippen molar-refractivity contribution in [3.8, 4) is 5.75 Å². The van der Waals surface area contributed by atoms with Crippen molar-refractivity contribution < 1.29 is 4.74 Å². The van der Waals surface area contributed by atoms with Crippen LogP contribution in [0.1, 0.15) is 11.6 Å². The summed E-state index contributed by atoms with van der Waals surface area (Å²) in [7, 11) is 1.65. The average Bonchev–Trinajstić information content (AvgIpc) is 2.30.